The molecule has 5 aromatic carbocycles. The normalized spacial score (nSPS) is 12.0. The van der Waals surface area contributed by atoms with Crippen molar-refractivity contribution in [1.82, 2.24) is 14.5 Å². The molecule has 0 saturated heterocycles. The van der Waals surface area contributed by atoms with E-state index >= 15 is 0 Å². The number of phenolic OH excluding ortho intramolecular Hbond substituents is 1. The fraction of sp³-hybridized carbons (Fsp3) is 0.0476. The molecule has 0 unspecified atom stereocenters. The number of phenols is 1. The van der Waals surface area contributed by atoms with Crippen LogP contribution in [0.3, 0.4) is 0 Å². The second-order valence-electron chi connectivity index (χ2n) is 12.0. The van der Waals surface area contributed by atoms with Gasteiger partial charge in [-0.25, -0.2) is 4.98 Å². The Hall–Kier alpha value is -6.00. The van der Waals surface area contributed by atoms with Crippen LogP contribution in [0.4, 0.5) is 0 Å². The molecule has 3 aromatic heterocycles. The lowest BCUT2D eigenvalue weighted by Gasteiger charge is -2.12. The molecule has 3 heterocycles. The van der Waals surface area contributed by atoms with Crippen LogP contribution in [-0.4, -0.2) is 19.6 Å². The first-order valence-electron chi connectivity index (χ1n) is 15.6. The lowest BCUT2D eigenvalue weighted by molar-refractivity contribution is 0.479. The highest BCUT2D eigenvalue weighted by Gasteiger charge is 2.25. The van der Waals surface area contributed by atoms with E-state index in [9.17, 15) is 5.11 Å². The van der Waals surface area contributed by atoms with Gasteiger partial charge in [-0.05, 0) is 83.1 Å². The molecule has 218 valence electrons. The first-order chi connectivity index (χ1) is 22.6. The van der Waals surface area contributed by atoms with Gasteiger partial charge in [-0.15, -0.1) is 0 Å². The zero-order valence-electron chi connectivity index (χ0n) is 25.3. The highest BCUT2D eigenvalue weighted by molar-refractivity contribution is 6.18. The first-order valence-corrected chi connectivity index (χ1v) is 15.6. The Labute approximate surface area is 266 Å². The molecule has 0 bridgehead atoms. The van der Waals surface area contributed by atoms with Gasteiger partial charge in [0, 0.05) is 33.7 Å². The van der Waals surface area contributed by atoms with Gasteiger partial charge in [0.2, 0.25) is 0 Å². The summed E-state index contributed by atoms with van der Waals surface area (Å²) < 4.78 is 2.11. The molecule has 0 aliphatic heterocycles. The molecule has 46 heavy (non-hydrogen) atoms. The number of benzene rings is 5. The van der Waals surface area contributed by atoms with Gasteiger partial charge in [-0.1, -0.05) is 97.1 Å². The van der Waals surface area contributed by atoms with Gasteiger partial charge in [-0.2, -0.15) is 0 Å². The summed E-state index contributed by atoms with van der Waals surface area (Å²) in [4.78, 5) is 10.1. The van der Waals surface area contributed by atoms with E-state index in [1.807, 2.05) is 36.5 Å². The quantitative estimate of drug-likeness (QED) is 0.222. The predicted molar refractivity (Wildman–Crippen MR) is 187 cm³/mol. The Morgan fingerprint density at radius 1 is 0.630 bits per heavy atom. The van der Waals surface area contributed by atoms with Gasteiger partial charge >= 0.3 is 0 Å². The third-order valence-electron chi connectivity index (χ3n) is 9.30. The van der Waals surface area contributed by atoms with E-state index in [0.717, 1.165) is 62.1 Å². The number of hydrogen-bond acceptors (Lipinski definition) is 3. The van der Waals surface area contributed by atoms with Crippen LogP contribution in [0.25, 0.3) is 72.4 Å². The van der Waals surface area contributed by atoms with Crippen molar-refractivity contribution in [2.45, 2.75) is 13.3 Å². The number of fused-ring (bicyclic) bond motifs is 7. The SMILES string of the molecule is Cc1cc(-c2cccc(-c3cccc(-n4c5ccc6c(c5c5cccc(O)c54)-c4ccccc4C6)n3)c2)ncc1-c1ccccc1. The minimum atomic E-state index is 0.239. The maximum atomic E-state index is 11.3. The molecule has 0 saturated carbocycles. The standard InChI is InChI=1S/C42H29N3O/c1-26-22-36(43-25-34(26)27-10-3-2-4-11-27)30-14-7-13-29(24-30)35-17-9-19-39(44-35)45-37-21-20-31-23-28-12-5-6-15-32(28)40(31)41(37)33-16-8-18-38(46)42(33)45/h2-22,24-25,46H,23H2,1H3. The Kier molecular flexibility index (Phi) is 5.90. The second-order valence-corrected chi connectivity index (χ2v) is 12.0. The van der Waals surface area contributed by atoms with E-state index < -0.39 is 0 Å². The molecule has 9 rings (SSSR count). The van der Waals surface area contributed by atoms with E-state index in [0.29, 0.717) is 0 Å². The van der Waals surface area contributed by atoms with Crippen molar-refractivity contribution in [3.05, 3.63) is 156 Å². The van der Waals surface area contributed by atoms with Crippen LogP contribution in [-0.2, 0) is 6.42 Å². The van der Waals surface area contributed by atoms with E-state index in [1.165, 1.54) is 33.4 Å². The number of pyridine rings is 2. The van der Waals surface area contributed by atoms with Gasteiger partial charge < -0.3 is 5.11 Å². The Morgan fingerprint density at radius 3 is 2.26 bits per heavy atom. The second kappa shape index (κ2) is 10.3. The van der Waals surface area contributed by atoms with Crippen molar-refractivity contribution >= 4 is 21.8 Å². The summed E-state index contributed by atoms with van der Waals surface area (Å²) in [5, 5.41) is 13.4. The third-order valence-corrected chi connectivity index (χ3v) is 9.30. The Bertz CT molecular complexity index is 2470. The number of aromatic nitrogens is 3. The van der Waals surface area contributed by atoms with Crippen molar-refractivity contribution in [3.63, 3.8) is 0 Å². The molecular weight excluding hydrogens is 562 g/mol. The highest BCUT2D eigenvalue weighted by Crippen LogP contribution is 2.47. The van der Waals surface area contributed by atoms with Gasteiger partial charge in [0.15, 0.2) is 0 Å². The van der Waals surface area contributed by atoms with Gasteiger partial charge in [0.05, 0.1) is 22.4 Å². The van der Waals surface area contributed by atoms with Crippen LogP contribution < -0.4 is 0 Å². The molecule has 8 aromatic rings. The number of nitrogens with zero attached hydrogens (tertiary/aromatic N) is 3. The predicted octanol–water partition coefficient (Wildman–Crippen LogP) is 10.2. The zero-order chi connectivity index (χ0) is 30.8. The number of rotatable bonds is 4. The fourth-order valence-electron chi connectivity index (χ4n) is 7.18. The molecule has 0 amide bonds. The summed E-state index contributed by atoms with van der Waals surface area (Å²) in [6.07, 6.45) is 2.88. The summed E-state index contributed by atoms with van der Waals surface area (Å²) in [5.74, 6) is 1.00. The summed E-state index contributed by atoms with van der Waals surface area (Å²) in [6.45, 7) is 2.14. The van der Waals surface area contributed by atoms with Gasteiger partial charge in [-0.3, -0.25) is 9.55 Å². The van der Waals surface area contributed by atoms with Crippen LogP contribution in [0.15, 0.2) is 140 Å². The molecule has 1 N–H and O–H groups in total. The molecule has 4 heteroatoms. The summed E-state index contributed by atoms with van der Waals surface area (Å²) in [7, 11) is 0. The molecular formula is C42H29N3O. The lowest BCUT2D eigenvalue weighted by Crippen LogP contribution is -1.99. The Balaban J connectivity index is 1.17. The van der Waals surface area contributed by atoms with Crippen LogP contribution >= 0.6 is 0 Å². The van der Waals surface area contributed by atoms with Crippen LogP contribution in [0, 0.1) is 6.92 Å². The Morgan fingerprint density at radius 2 is 1.39 bits per heavy atom. The van der Waals surface area contributed by atoms with Crippen molar-refractivity contribution in [2.24, 2.45) is 0 Å². The van der Waals surface area contributed by atoms with Crippen molar-refractivity contribution in [2.75, 3.05) is 0 Å². The van der Waals surface area contributed by atoms with E-state index in [-0.39, 0.29) is 5.75 Å². The van der Waals surface area contributed by atoms with E-state index in [4.69, 9.17) is 9.97 Å². The molecule has 4 nitrogen and oxygen atoms in total. The fourth-order valence-corrected chi connectivity index (χ4v) is 7.18. The average molecular weight is 592 g/mol. The summed E-state index contributed by atoms with van der Waals surface area (Å²) in [5.41, 5.74) is 14.3. The van der Waals surface area contributed by atoms with Crippen LogP contribution in [0.1, 0.15) is 16.7 Å². The van der Waals surface area contributed by atoms with E-state index in [1.54, 1.807) is 6.07 Å². The smallest absolute Gasteiger partial charge is 0.140 e. The van der Waals surface area contributed by atoms with Crippen molar-refractivity contribution in [1.29, 1.82) is 0 Å². The van der Waals surface area contributed by atoms with E-state index in [2.05, 4.69) is 109 Å². The maximum absolute atomic E-state index is 11.3. The molecule has 0 atom stereocenters. The number of aryl methyl sites for hydroxylation is 1. The molecule has 0 radical (unpaired) electrons. The van der Waals surface area contributed by atoms with Crippen molar-refractivity contribution < 1.29 is 5.11 Å². The topological polar surface area (TPSA) is 50.9 Å². The summed E-state index contributed by atoms with van der Waals surface area (Å²) in [6, 6.07) is 45.9. The largest absolute Gasteiger partial charge is 0.506 e. The molecule has 0 spiro atoms. The van der Waals surface area contributed by atoms with Gasteiger partial charge in [0.25, 0.3) is 0 Å². The zero-order valence-corrected chi connectivity index (χ0v) is 25.3. The average Bonchev–Trinajstić information content (AvgIpc) is 3.65. The minimum Gasteiger partial charge on any atom is -0.506 e. The van der Waals surface area contributed by atoms with Gasteiger partial charge in [0.1, 0.15) is 11.6 Å². The molecule has 1 aliphatic rings. The minimum absolute atomic E-state index is 0.239. The first kappa shape index (κ1) is 26.4. The highest BCUT2D eigenvalue weighted by atomic mass is 16.3. The number of hydrogen-bond donors (Lipinski definition) is 1. The number of aromatic hydroxyl groups is 1. The molecule has 1 aliphatic carbocycles. The third kappa shape index (κ3) is 4.07. The number of para-hydroxylation sites is 1. The van der Waals surface area contributed by atoms with Crippen LogP contribution in [0.2, 0.25) is 0 Å². The molecule has 0 fully saturated rings. The monoisotopic (exact) mass is 591 g/mol. The van der Waals surface area contributed by atoms with Crippen LogP contribution in [0.5, 0.6) is 5.75 Å². The summed E-state index contributed by atoms with van der Waals surface area (Å²) >= 11 is 0. The van der Waals surface area contributed by atoms with Crippen molar-refractivity contribution in [3.8, 4) is 56.3 Å². The lowest BCUT2D eigenvalue weighted by atomic mass is 9.99. The maximum Gasteiger partial charge on any atom is 0.140 e.